The molecule has 7 nitrogen and oxygen atoms in total. The average molecular weight is 301 g/mol. The smallest absolute Gasteiger partial charge is 0.156 e. The zero-order chi connectivity index (χ0) is 15.4. The Labute approximate surface area is 130 Å². The van der Waals surface area contributed by atoms with Crippen molar-refractivity contribution in [2.75, 3.05) is 44.7 Å². The number of benzene rings is 1. The molecule has 2 N–H and O–H groups in total. The van der Waals surface area contributed by atoms with Crippen LogP contribution in [0.25, 0.3) is 5.69 Å². The molecule has 0 saturated carbocycles. The van der Waals surface area contributed by atoms with Crippen molar-refractivity contribution in [2.45, 2.75) is 12.8 Å². The van der Waals surface area contributed by atoms with E-state index in [2.05, 4.69) is 56.6 Å². The van der Waals surface area contributed by atoms with Gasteiger partial charge in [0.25, 0.3) is 0 Å². The van der Waals surface area contributed by atoms with Gasteiger partial charge in [0, 0.05) is 38.3 Å². The number of nitrogens with zero attached hydrogens (tertiary/aromatic N) is 6. The number of aryl methyl sites for hydroxylation is 1. The van der Waals surface area contributed by atoms with Crippen LogP contribution in [0, 0.1) is 0 Å². The van der Waals surface area contributed by atoms with Crippen LogP contribution in [-0.2, 0) is 6.42 Å². The highest BCUT2D eigenvalue weighted by molar-refractivity contribution is 5.51. The highest BCUT2D eigenvalue weighted by atomic mass is 15.5. The number of anilines is 1. The Morgan fingerprint density at radius 3 is 2.41 bits per heavy atom. The van der Waals surface area contributed by atoms with Gasteiger partial charge >= 0.3 is 0 Å². The summed E-state index contributed by atoms with van der Waals surface area (Å²) in [6.07, 6.45) is 1.68. The molecule has 3 rings (SSSR count). The van der Waals surface area contributed by atoms with Crippen LogP contribution in [0.2, 0.25) is 0 Å². The van der Waals surface area contributed by atoms with E-state index >= 15 is 0 Å². The molecule has 1 fully saturated rings. The molecule has 22 heavy (non-hydrogen) atoms. The minimum Gasteiger partial charge on any atom is -0.369 e. The minimum absolute atomic E-state index is 0.648. The van der Waals surface area contributed by atoms with E-state index in [1.807, 2.05) is 0 Å². The molecule has 1 aromatic carbocycles. The Morgan fingerprint density at radius 1 is 1.05 bits per heavy atom. The molecule has 0 bridgehead atoms. The molecule has 2 aromatic rings. The van der Waals surface area contributed by atoms with E-state index in [9.17, 15) is 0 Å². The lowest BCUT2D eigenvalue weighted by molar-refractivity contribution is 0.313. The van der Waals surface area contributed by atoms with Gasteiger partial charge in [-0.05, 0) is 54.7 Å². The Kier molecular flexibility index (Phi) is 4.65. The summed E-state index contributed by atoms with van der Waals surface area (Å²) in [6.45, 7) is 5.01. The topological polar surface area (TPSA) is 76.1 Å². The molecule has 118 valence electrons. The van der Waals surface area contributed by atoms with E-state index in [1.165, 1.54) is 5.69 Å². The maximum absolute atomic E-state index is 5.56. The average Bonchev–Trinajstić information content (AvgIpc) is 3.02. The second-order valence-corrected chi connectivity index (χ2v) is 5.71. The number of rotatable bonds is 5. The third kappa shape index (κ3) is 3.26. The summed E-state index contributed by atoms with van der Waals surface area (Å²) in [7, 11) is 2.17. The van der Waals surface area contributed by atoms with Crippen molar-refractivity contribution in [1.82, 2.24) is 25.1 Å². The van der Waals surface area contributed by atoms with Crippen LogP contribution >= 0.6 is 0 Å². The van der Waals surface area contributed by atoms with Crippen molar-refractivity contribution < 1.29 is 0 Å². The fourth-order valence-corrected chi connectivity index (χ4v) is 2.69. The van der Waals surface area contributed by atoms with Gasteiger partial charge in [-0.3, -0.25) is 0 Å². The molecule has 1 saturated heterocycles. The number of hydrogen-bond donors (Lipinski definition) is 1. The number of aromatic nitrogens is 4. The fraction of sp³-hybridized carbons (Fsp3) is 0.533. The van der Waals surface area contributed by atoms with Gasteiger partial charge in [0.1, 0.15) is 0 Å². The maximum atomic E-state index is 5.56. The lowest BCUT2D eigenvalue weighted by Gasteiger charge is -2.34. The lowest BCUT2D eigenvalue weighted by Crippen LogP contribution is -2.44. The molecule has 1 aromatic heterocycles. The van der Waals surface area contributed by atoms with Crippen LogP contribution in [0.3, 0.4) is 0 Å². The summed E-state index contributed by atoms with van der Waals surface area (Å²) in [5.41, 5.74) is 7.81. The lowest BCUT2D eigenvalue weighted by atomic mass is 10.2. The van der Waals surface area contributed by atoms with E-state index in [0.29, 0.717) is 6.54 Å². The van der Waals surface area contributed by atoms with Gasteiger partial charge in [0.05, 0.1) is 5.69 Å². The van der Waals surface area contributed by atoms with Gasteiger partial charge < -0.3 is 15.5 Å². The van der Waals surface area contributed by atoms with Crippen molar-refractivity contribution in [2.24, 2.45) is 5.73 Å². The van der Waals surface area contributed by atoms with Gasteiger partial charge in [-0.1, -0.05) is 0 Å². The summed E-state index contributed by atoms with van der Waals surface area (Å²) >= 11 is 0. The van der Waals surface area contributed by atoms with E-state index in [-0.39, 0.29) is 0 Å². The normalized spacial score (nSPS) is 16.2. The van der Waals surface area contributed by atoms with Crippen LogP contribution in [0.5, 0.6) is 0 Å². The van der Waals surface area contributed by atoms with Crippen molar-refractivity contribution in [3.8, 4) is 5.69 Å². The molecule has 1 aliphatic heterocycles. The summed E-state index contributed by atoms with van der Waals surface area (Å²) in [5.74, 6) is 0.859. The van der Waals surface area contributed by atoms with E-state index in [4.69, 9.17) is 5.73 Å². The third-order valence-corrected chi connectivity index (χ3v) is 4.10. The molecule has 1 aliphatic rings. The Hall–Kier alpha value is -1.99. The molecule has 7 heteroatoms. The second-order valence-electron chi connectivity index (χ2n) is 5.71. The van der Waals surface area contributed by atoms with Gasteiger partial charge in [0.15, 0.2) is 5.82 Å². The number of hydrogen-bond acceptors (Lipinski definition) is 6. The Morgan fingerprint density at radius 2 is 1.73 bits per heavy atom. The van der Waals surface area contributed by atoms with Crippen molar-refractivity contribution in [1.29, 1.82) is 0 Å². The number of piperazine rings is 1. The molecule has 0 aliphatic carbocycles. The summed E-state index contributed by atoms with van der Waals surface area (Å²) in [6, 6.07) is 8.45. The summed E-state index contributed by atoms with van der Waals surface area (Å²) in [4.78, 5) is 4.77. The Balaban J connectivity index is 1.73. The summed E-state index contributed by atoms with van der Waals surface area (Å²) < 4.78 is 1.80. The molecule has 2 heterocycles. The predicted octanol–water partition coefficient (Wildman–Crippen LogP) is 0.305. The molecule has 0 radical (unpaired) electrons. The first-order valence-corrected chi connectivity index (χ1v) is 7.79. The standard InChI is InChI=1S/C15H23N7/c1-20-9-11-21(12-10-20)13-4-6-14(7-5-13)22-15(3-2-8-16)17-18-19-22/h4-7H,2-3,8-12,16H2,1H3. The summed E-state index contributed by atoms with van der Waals surface area (Å²) in [5, 5.41) is 11.9. The second kappa shape index (κ2) is 6.85. The highest BCUT2D eigenvalue weighted by Crippen LogP contribution is 2.19. The van der Waals surface area contributed by atoms with Crippen LogP contribution < -0.4 is 10.6 Å². The number of nitrogens with two attached hydrogens (primary N) is 1. The largest absolute Gasteiger partial charge is 0.369 e. The van der Waals surface area contributed by atoms with Crippen molar-refractivity contribution in [3.05, 3.63) is 30.1 Å². The zero-order valence-electron chi connectivity index (χ0n) is 13.0. The van der Waals surface area contributed by atoms with Crippen LogP contribution in [-0.4, -0.2) is 64.9 Å². The first-order chi connectivity index (χ1) is 10.8. The van der Waals surface area contributed by atoms with Gasteiger partial charge in [-0.25, -0.2) is 0 Å². The zero-order valence-corrected chi connectivity index (χ0v) is 13.0. The van der Waals surface area contributed by atoms with Gasteiger partial charge in [-0.15, -0.1) is 5.10 Å². The minimum atomic E-state index is 0.648. The first kappa shape index (κ1) is 14.9. The van der Waals surface area contributed by atoms with E-state index < -0.39 is 0 Å². The molecule has 0 amide bonds. The van der Waals surface area contributed by atoms with Gasteiger partial charge in [-0.2, -0.15) is 4.68 Å². The number of tetrazole rings is 1. The van der Waals surface area contributed by atoms with Crippen molar-refractivity contribution >= 4 is 5.69 Å². The Bertz CT molecular complexity index is 584. The molecule has 0 unspecified atom stereocenters. The predicted molar refractivity (Wildman–Crippen MR) is 86.2 cm³/mol. The maximum Gasteiger partial charge on any atom is 0.156 e. The van der Waals surface area contributed by atoms with E-state index in [1.54, 1.807) is 4.68 Å². The van der Waals surface area contributed by atoms with Gasteiger partial charge in [0.2, 0.25) is 0 Å². The fourth-order valence-electron chi connectivity index (χ4n) is 2.69. The molecule has 0 atom stereocenters. The number of likely N-dealkylation sites (N-methyl/N-ethyl adjacent to an activating group) is 1. The SMILES string of the molecule is CN1CCN(c2ccc(-n3nnnc3CCCN)cc2)CC1. The van der Waals surface area contributed by atoms with Crippen LogP contribution in [0.15, 0.2) is 24.3 Å². The molecular weight excluding hydrogens is 278 g/mol. The molecular formula is C15H23N7. The first-order valence-electron chi connectivity index (χ1n) is 7.79. The monoisotopic (exact) mass is 301 g/mol. The quantitative estimate of drug-likeness (QED) is 0.856. The third-order valence-electron chi connectivity index (χ3n) is 4.10. The van der Waals surface area contributed by atoms with Crippen molar-refractivity contribution in [3.63, 3.8) is 0 Å². The van der Waals surface area contributed by atoms with E-state index in [0.717, 1.165) is 50.5 Å². The molecule has 0 spiro atoms. The van der Waals surface area contributed by atoms with Crippen LogP contribution in [0.1, 0.15) is 12.2 Å². The highest BCUT2D eigenvalue weighted by Gasteiger charge is 2.14. The van der Waals surface area contributed by atoms with Crippen LogP contribution in [0.4, 0.5) is 5.69 Å².